The molecule has 0 aromatic carbocycles. The van der Waals surface area contributed by atoms with Gasteiger partial charge in [0.1, 0.15) is 6.10 Å². The number of carbonyl (C=O) groups excluding carboxylic acids is 3. The van der Waals surface area contributed by atoms with E-state index < -0.39 is 11.9 Å². The Morgan fingerprint density at radius 3 is 2.40 bits per heavy atom. The van der Waals surface area contributed by atoms with Gasteiger partial charge >= 0.3 is 17.8 Å². The Labute approximate surface area is 145 Å². The molecule has 1 fully saturated rings. The molecule has 0 unspecified atom stereocenters. The summed E-state index contributed by atoms with van der Waals surface area (Å²) in [4.78, 5) is 37.9. The molecule has 0 spiro atoms. The predicted molar refractivity (Wildman–Crippen MR) is 87.9 cm³/mol. The Morgan fingerprint density at radius 1 is 1.12 bits per heavy atom. The molecule has 0 bridgehead atoms. The van der Waals surface area contributed by atoms with Crippen LogP contribution in [-0.2, 0) is 23.9 Å². The van der Waals surface area contributed by atoms with E-state index in [1.165, 1.54) is 13.3 Å². The number of nitrogens with zero attached hydrogens (tertiary/aromatic N) is 1. The standard InChI is InChI=1S/C17H22N2O6/c1-23-15(20)9-11-3-6-13(7-4-11)25-14-8-5-12(10-18-14)19-16(21)17(22)24-2/h5,8,10-11,13H,3-4,6-7,9H2,1-2H3,(H,19,21)/t11-,13-. The van der Waals surface area contributed by atoms with Crippen molar-refractivity contribution >= 4 is 23.5 Å². The van der Waals surface area contributed by atoms with Crippen molar-refractivity contribution in [3.05, 3.63) is 18.3 Å². The summed E-state index contributed by atoms with van der Waals surface area (Å²) in [6, 6.07) is 3.24. The summed E-state index contributed by atoms with van der Waals surface area (Å²) < 4.78 is 14.9. The molecule has 8 heteroatoms. The van der Waals surface area contributed by atoms with Crippen molar-refractivity contribution in [2.75, 3.05) is 19.5 Å². The van der Waals surface area contributed by atoms with Crippen LogP contribution in [0.25, 0.3) is 0 Å². The highest BCUT2D eigenvalue weighted by atomic mass is 16.5. The predicted octanol–water partition coefficient (Wildman–Crippen LogP) is 1.69. The number of hydrogen-bond donors (Lipinski definition) is 1. The average molecular weight is 350 g/mol. The smallest absolute Gasteiger partial charge is 0.396 e. The highest BCUT2D eigenvalue weighted by molar-refractivity contribution is 6.37. The van der Waals surface area contributed by atoms with Crippen LogP contribution in [0.1, 0.15) is 32.1 Å². The van der Waals surface area contributed by atoms with E-state index in [1.54, 1.807) is 12.1 Å². The lowest BCUT2D eigenvalue weighted by molar-refractivity contribution is -0.150. The monoisotopic (exact) mass is 350 g/mol. The maximum absolute atomic E-state index is 11.4. The number of methoxy groups -OCH3 is 2. The molecule has 1 N–H and O–H groups in total. The minimum Gasteiger partial charge on any atom is -0.474 e. The summed E-state index contributed by atoms with van der Waals surface area (Å²) >= 11 is 0. The number of hydrogen-bond acceptors (Lipinski definition) is 7. The zero-order chi connectivity index (χ0) is 18.2. The summed E-state index contributed by atoms with van der Waals surface area (Å²) in [5, 5.41) is 2.38. The van der Waals surface area contributed by atoms with E-state index in [4.69, 9.17) is 9.47 Å². The van der Waals surface area contributed by atoms with Crippen molar-refractivity contribution in [2.24, 2.45) is 5.92 Å². The van der Waals surface area contributed by atoms with Gasteiger partial charge in [-0.1, -0.05) is 0 Å². The van der Waals surface area contributed by atoms with Crippen LogP contribution in [0.2, 0.25) is 0 Å². The highest BCUT2D eigenvalue weighted by Gasteiger charge is 2.24. The first-order valence-electron chi connectivity index (χ1n) is 8.10. The molecule has 136 valence electrons. The third-order valence-electron chi connectivity index (χ3n) is 4.13. The summed E-state index contributed by atoms with van der Waals surface area (Å²) in [5.74, 6) is -1.20. The van der Waals surface area contributed by atoms with Gasteiger partial charge in [0.25, 0.3) is 0 Å². The van der Waals surface area contributed by atoms with Crippen LogP contribution in [0.3, 0.4) is 0 Å². The van der Waals surface area contributed by atoms with Crippen molar-refractivity contribution in [2.45, 2.75) is 38.2 Å². The topological polar surface area (TPSA) is 104 Å². The molecule has 2 rings (SSSR count). The number of amides is 1. The molecular formula is C17H22N2O6. The summed E-state index contributed by atoms with van der Waals surface area (Å²) in [6.45, 7) is 0. The van der Waals surface area contributed by atoms with Gasteiger partial charge in [0.05, 0.1) is 26.1 Å². The largest absolute Gasteiger partial charge is 0.474 e. The normalized spacial score (nSPS) is 19.6. The van der Waals surface area contributed by atoms with E-state index in [0.29, 0.717) is 23.9 Å². The lowest BCUT2D eigenvalue weighted by atomic mass is 9.85. The van der Waals surface area contributed by atoms with Gasteiger partial charge in [-0.3, -0.25) is 9.59 Å². The molecule has 0 radical (unpaired) electrons. The first-order valence-corrected chi connectivity index (χ1v) is 8.10. The SMILES string of the molecule is COC(=O)C[C@H]1CC[C@H](Oc2ccc(NC(=O)C(=O)OC)cn2)CC1. The lowest BCUT2D eigenvalue weighted by Crippen LogP contribution is -2.26. The van der Waals surface area contributed by atoms with E-state index in [2.05, 4.69) is 15.0 Å². The molecule has 1 aromatic rings. The van der Waals surface area contributed by atoms with Gasteiger partial charge in [-0.05, 0) is 37.7 Å². The second-order valence-corrected chi connectivity index (χ2v) is 5.87. The number of nitrogens with one attached hydrogen (secondary N) is 1. The number of carbonyl (C=O) groups is 3. The molecule has 0 aliphatic heterocycles. The van der Waals surface area contributed by atoms with Gasteiger partial charge in [-0.25, -0.2) is 9.78 Å². The number of aromatic nitrogens is 1. The molecule has 8 nitrogen and oxygen atoms in total. The zero-order valence-corrected chi connectivity index (χ0v) is 14.3. The Hall–Kier alpha value is -2.64. The van der Waals surface area contributed by atoms with Gasteiger partial charge in [0.2, 0.25) is 5.88 Å². The fraction of sp³-hybridized carbons (Fsp3) is 0.529. The third kappa shape index (κ3) is 5.74. The van der Waals surface area contributed by atoms with Gasteiger partial charge in [0, 0.05) is 12.5 Å². The van der Waals surface area contributed by atoms with Gasteiger partial charge in [-0.15, -0.1) is 0 Å². The van der Waals surface area contributed by atoms with E-state index in [0.717, 1.165) is 32.8 Å². The number of esters is 2. The number of ether oxygens (including phenoxy) is 3. The quantitative estimate of drug-likeness (QED) is 0.636. The van der Waals surface area contributed by atoms with Crippen molar-refractivity contribution in [1.82, 2.24) is 4.98 Å². The Morgan fingerprint density at radius 2 is 1.84 bits per heavy atom. The highest BCUT2D eigenvalue weighted by Crippen LogP contribution is 2.29. The molecule has 1 saturated carbocycles. The van der Waals surface area contributed by atoms with E-state index in [1.807, 2.05) is 0 Å². The second-order valence-electron chi connectivity index (χ2n) is 5.87. The average Bonchev–Trinajstić information content (AvgIpc) is 2.64. The van der Waals surface area contributed by atoms with Crippen LogP contribution in [-0.4, -0.2) is 43.2 Å². The first-order chi connectivity index (χ1) is 12.0. The first kappa shape index (κ1) is 18.7. The number of anilines is 1. The molecular weight excluding hydrogens is 328 g/mol. The zero-order valence-electron chi connectivity index (χ0n) is 14.3. The Kier molecular flexibility index (Phi) is 6.73. The summed E-state index contributed by atoms with van der Waals surface area (Å²) in [5.41, 5.74) is 0.379. The van der Waals surface area contributed by atoms with Crippen molar-refractivity contribution < 1.29 is 28.6 Å². The van der Waals surface area contributed by atoms with Gasteiger partial charge < -0.3 is 19.5 Å². The molecule has 1 aromatic heterocycles. The molecule has 0 atom stereocenters. The molecule has 1 heterocycles. The lowest BCUT2D eigenvalue weighted by Gasteiger charge is -2.28. The Bertz CT molecular complexity index is 608. The third-order valence-corrected chi connectivity index (χ3v) is 4.13. The maximum atomic E-state index is 11.4. The van der Waals surface area contributed by atoms with Crippen molar-refractivity contribution in [3.63, 3.8) is 0 Å². The van der Waals surface area contributed by atoms with Crippen LogP contribution in [0.4, 0.5) is 5.69 Å². The van der Waals surface area contributed by atoms with E-state index >= 15 is 0 Å². The van der Waals surface area contributed by atoms with Crippen LogP contribution in [0, 0.1) is 5.92 Å². The number of rotatable bonds is 5. The van der Waals surface area contributed by atoms with Crippen molar-refractivity contribution in [3.8, 4) is 5.88 Å². The summed E-state index contributed by atoms with van der Waals surface area (Å²) in [7, 11) is 2.54. The van der Waals surface area contributed by atoms with Gasteiger partial charge in [-0.2, -0.15) is 0 Å². The molecule has 25 heavy (non-hydrogen) atoms. The van der Waals surface area contributed by atoms with Crippen LogP contribution < -0.4 is 10.1 Å². The van der Waals surface area contributed by atoms with Crippen LogP contribution in [0.5, 0.6) is 5.88 Å². The van der Waals surface area contributed by atoms with Gasteiger partial charge in [0.15, 0.2) is 0 Å². The Balaban J connectivity index is 1.79. The second kappa shape index (κ2) is 9.00. The van der Waals surface area contributed by atoms with Crippen molar-refractivity contribution in [1.29, 1.82) is 0 Å². The minimum atomic E-state index is -0.968. The fourth-order valence-electron chi connectivity index (χ4n) is 2.74. The summed E-state index contributed by atoms with van der Waals surface area (Å²) in [6.07, 6.45) is 5.45. The van der Waals surface area contributed by atoms with Crippen LogP contribution >= 0.6 is 0 Å². The van der Waals surface area contributed by atoms with Crippen LogP contribution in [0.15, 0.2) is 18.3 Å². The minimum absolute atomic E-state index is 0.0527. The van der Waals surface area contributed by atoms with E-state index in [-0.39, 0.29) is 12.1 Å². The molecule has 0 saturated heterocycles. The molecule has 1 aliphatic carbocycles. The maximum Gasteiger partial charge on any atom is 0.396 e. The molecule has 1 aliphatic rings. The number of pyridine rings is 1. The van der Waals surface area contributed by atoms with E-state index in [9.17, 15) is 14.4 Å². The molecule has 1 amide bonds. The fourth-order valence-corrected chi connectivity index (χ4v) is 2.74.